The van der Waals surface area contributed by atoms with Crippen LogP contribution < -0.4 is 5.32 Å². The Balaban J connectivity index is 2.50. The van der Waals surface area contributed by atoms with Gasteiger partial charge < -0.3 is 10.4 Å². The van der Waals surface area contributed by atoms with E-state index in [2.05, 4.69) is 9.69 Å². The predicted octanol–water partition coefficient (Wildman–Crippen LogP) is 2.90. The van der Waals surface area contributed by atoms with Crippen LogP contribution in [0.4, 0.5) is 18.2 Å². The summed E-state index contributed by atoms with van der Waals surface area (Å²) in [7, 11) is 0. The van der Waals surface area contributed by atoms with Crippen LogP contribution in [0.5, 0.6) is 0 Å². The minimum Gasteiger partial charge on any atom is -0.478 e. The number of rotatable bonds is 5. The van der Waals surface area contributed by atoms with Gasteiger partial charge in [0, 0.05) is 13.0 Å². The Morgan fingerprint density at radius 2 is 2.18 bits per heavy atom. The van der Waals surface area contributed by atoms with E-state index in [4.69, 9.17) is 5.11 Å². The summed E-state index contributed by atoms with van der Waals surface area (Å²) >= 11 is 0.939. The molecule has 1 aromatic heterocycles. The highest BCUT2D eigenvalue weighted by atomic mass is 32.1. The number of aryl methyl sites for hydroxylation is 1. The van der Waals surface area contributed by atoms with Gasteiger partial charge in [-0.2, -0.15) is 17.5 Å². The summed E-state index contributed by atoms with van der Waals surface area (Å²) in [6.45, 7) is 1.61. The number of anilines is 1. The molecular weight excluding hydrogens is 257 g/mol. The number of carbonyl (C=O) groups is 1. The number of aromatic nitrogens is 1. The average molecular weight is 268 g/mol. The van der Waals surface area contributed by atoms with E-state index in [-0.39, 0.29) is 18.5 Å². The Morgan fingerprint density at radius 1 is 1.53 bits per heavy atom. The first-order valence-corrected chi connectivity index (χ1v) is 5.59. The largest absolute Gasteiger partial charge is 0.478 e. The van der Waals surface area contributed by atoms with Crippen molar-refractivity contribution in [1.29, 1.82) is 0 Å². The predicted molar refractivity (Wildman–Crippen MR) is 57.6 cm³/mol. The van der Waals surface area contributed by atoms with E-state index >= 15 is 0 Å². The fourth-order valence-electron chi connectivity index (χ4n) is 1.23. The maximum atomic E-state index is 11.9. The van der Waals surface area contributed by atoms with Crippen LogP contribution >= 0.6 is 11.5 Å². The number of halogens is 3. The molecule has 0 amide bonds. The van der Waals surface area contributed by atoms with Gasteiger partial charge in [0.25, 0.3) is 0 Å². The lowest BCUT2D eigenvalue weighted by Gasteiger charge is -2.07. The highest BCUT2D eigenvalue weighted by Gasteiger charge is 2.26. The van der Waals surface area contributed by atoms with Crippen molar-refractivity contribution >= 4 is 22.5 Å². The number of nitrogens with one attached hydrogen (secondary N) is 1. The molecule has 0 spiro atoms. The van der Waals surface area contributed by atoms with Crippen molar-refractivity contribution in [3.05, 3.63) is 11.3 Å². The molecule has 0 aliphatic heterocycles. The zero-order valence-corrected chi connectivity index (χ0v) is 9.78. The maximum absolute atomic E-state index is 11.9. The highest BCUT2D eigenvalue weighted by molar-refractivity contribution is 7.10. The number of nitrogens with zero attached hydrogens (tertiary/aromatic N) is 1. The lowest BCUT2D eigenvalue weighted by molar-refractivity contribution is -0.134. The van der Waals surface area contributed by atoms with E-state index < -0.39 is 18.6 Å². The van der Waals surface area contributed by atoms with Gasteiger partial charge in [0.1, 0.15) is 10.6 Å². The highest BCUT2D eigenvalue weighted by Crippen LogP contribution is 2.25. The van der Waals surface area contributed by atoms with Gasteiger partial charge in [-0.15, -0.1) is 0 Å². The quantitative estimate of drug-likeness (QED) is 0.806. The zero-order chi connectivity index (χ0) is 13.1. The average Bonchev–Trinajstić information content (AvgIpc) is 2.53. The second-order valence-corrected chi connectivity index (χ2v) is 4.20. The number of hydrogen-bond donors (Lipinski definition) is 2. The van der Waals surface area contributed by atoms with Crippen molar-refractivity contribution < 1.29 is 23.1 Å². The molecule has 17 heavy (non-hydrogen) atoms. The van der Waals surface area contributed by atoms with Crippen molar-refractivity contribution in [3.63, 3.8) is 0 Å². The lowest BCUT2D eigenvalue weighted by atomic mass is 10.2. The number of alkyl halides is 3. The van der Waals surface area contributed by atoms with Gasteiger partial charge in [-0.1, -0.05) is 0 Å². The SMILES string of the molecule is Cc1nsc(NCCCC(F)(F)F)c1C(=O)O. The van der Waals surface area contributed by atoms with Crippen LogP contribution in [0.25, 0.3) is 0 Å². The molecule has 0 saturated carbocycles. The molecule has 0 saturated heterocycles. The molecule has 0 unspecified atom stereocenters. The van der Waals surface area contributed by atoms with Gasteiger partial charge in [-0.25, -0.2) is 4.79 Å². The molecule has 96 valence electrons. The van der Waals surface area contributed by atoms with E-state index in [0.717, 1.165) is 11.5 Å². The van der Waals surface area contributed by atoms with Gasteiger partial charge in [0.2, 0.25) is 0 Å². The van der Waals surface area contributed by atoms with E-state index in [1.807, 2.05) is 0 Å². The molecule has 2 N–H and O–H groups in total. The van der Waals surface area contributed by atoms with Gasteiger partial charge in [-0.3, -0.25) is 0 Å². The van der Waals surface area contributed by atoms with Crippen LogP contribution in [0.2, 0.25) is 0 Å². The monoisotopic (exact) mass is 268 g/mol. The third kappa shape index (κ3) is 4.22. The van der Waals surface area contributed by atoms with E-state index in [9.17, 15) is 18.0 Å². The zero-order valence-electron chi connectivity index (χ0n) is 8.97. The van der Waals surface area contributed by atoms with Gasteiger partial charge in [0.15, 0.2) is 0 Å². The number of carboxylic acid groups (broad SMARTS) is 1. The Bertz CT molecular complexity index is 403. The van der Waals surface area contributed by atoms with Crippen LogP contribution in [-0.2, 0) is 0 Å². The van der Waals surface area contributed by atoms with Gasteiger partial charge in [-0.05, 0) is 24.9 Å². The number of hydrogen-bond acceptors (Lipinski definition) is 4. The topological polar surface area (TPSA) is 62.2 Å². The third-order valence-corrected chi connectivity index (χ3v) is 2.90. The van der Waals surface area contributed by atoms with Crippen LogP contribution in [-0.4, -0.2) is 28.2 Å². The standard InChI is InChI=1S/C9H11F3N2O2S/c1-5-6(8(15)16)7(17-14-5)13-4-2-3-9(10,11)12/h13H,2-4H2,1H3,(H,15,16). The smallest absolute Gasteiger partial charge is 0.389 e. The summed E-state index contributed by atoms with van der Waals surface area (Å²) in [6, 6.07) is 0. The maximum Gasteiger partial charge on any atom is 0.389 e. The first-order chi connectivity index (χ1) is 7.81. The molecule has 4 nitrogen and oxygen atoms in total. The molecule has 0 aromatic carbocycles. The fraction of sp³-hybridized carbons (Fsp3) is 0.556. The molecule has 1 rings (SSSR count). The molecule has 8 heteroatoms. The number of aromatic carboxylic acids is 1. The first kappa shape index (κ1) is 13.8. The molecule has 1 heterocycles. The summed E-state index contributed by atoms with van der Waals surface area (Å²) in [5.74, 6) is -1.13. The van der Waals surface area contributed by atoms with Crippen molar-refractivity contribution in [2.75, 3.05) is 11.9 Å². The third-order valence-electron chi connectivity index (χ3n) is 2.00. The lowest BCUT2D eigenvalue weighted by Crippen LogP contribution is -2.11. The minimum absolute atomic E-state index is 0.0296. The molecule has 0 aliphatic rings. The van der Waals surface area contributed by atoms with Crippen molar-refractivity contribution in [2.45, 2.75) is 25.9 Å². The Morgan fingerprint density at radius 3 is 2.71 bits per heavy atom. The van der Waals surface area contributed by atoms with E-state index in [1.165, 1.54) is 0 Å². The summed E-state index contributed by atoms with van der Waals surface area (Å²) in [5, 5.41) is 11.8. The van der Waals surface area contributed by atoms with E-state index in [0.29, 0.717) is 10.7 Å². The number of carboxylic acids is 1. The Kier molecular flexibility index (Phi) is 4.33. The summed E-state index contributed by atoms with van der Waals surface area (Å²) in [5.41, 5.74) is 0.392. The van der Waals surface area contributed by atoms with Crippen LogP contribution in [0.15, 0.2) is 0 Å². The summed E-state index contributed by atoms with van der Waals surface area (Å²) < 4.78 is 39.4. The van der Waals surface area contributed by atoms with Crippen LogP contribution in [0.1, 0.15) is 28.9 Å². The van der Waals surface area contributed by atoms with Gasteiger partial charge in [0.05, 0.1) is 5.69 Å². The molecule has 0 aliphatic carbocycles. The van der Waals surface area contributed by atoms with Crippen LogP contribution in [0, 0.1) is 6.92 Å². The Hall–Kier alpha value is -1.31. The van der Waals surface area contributed by atoms with Crippen LogP contribution in [0.3, 0.4) is 0 Å². The van der Waals surface area contributed by atoms with Crippen molar-refractivity contribution in [2.24, 2.45) is 0 Å². The summed E-state index contributed by atoms with van der Waals surface area (Å²) in [4.78, 5) is 10.8. The normalized spacial score (nSPS) is 11.5. The molecule has 0 radical (unpaired) electrons. The minimum atomic E-state index is -4.18. The Labute approximate surface area is 99.6 Å². The first-order valence-electron chi connectivity index (χ1n) is 4.81. The molecule has 1 aromatic rings. The van der Waals surface area contributed by atoms with Gasteiger partial charge >= 0.3 is 12.1 Å². The fourth-order valence-corrected chi connectivity index (χ4v) is 2.05. The molecule has 0 atom stereocenters. The molecular formula is C9H11F3N2O2S. The van der Waals surface area contributed by atoms with E-state index in [1.54, 1.807) is 6.92 Å². The molecule has 0 fully saturated rings. The second kappa shape index (κ2) is 5.35. The molecule has 0 bridgehead atoms. The second-order valence-electron chi connectivity index (χ2n) is 3.42. The summed E-state index contributed by atoms with van der Waals surface area (Å²) in [6.07, 6.45) is -5.17. The van der Waals surface area contributed by atoms with Crippen molar-refractivity contribution in [1.82, 2.24) is 4.37 Å². The van der Waals surface area contributed by atoms with Crippen molar-refractivity contribution in [3.8, 4) is 0 Å².